The van der Waals surface area contributed by atoms with Crippen LogP contribution in [0.4, 0.5) is 23.2 Å². The molecule has 5 rings (SSSR count). The van der Waals surface area contributed by atoms with E-state index in [4.69, 9.17) is 4.74 Å². The molecule has 2 aliphatic rings. The first kappa shape index (κ1) is 30.9. The number of sulfone groups is 1. The lowest BCUT2D eigenvalue weighted by Crippen LogP contribution is -2.47. The van der Waals surface area contributed by atoms with E-state index in [0.29, 0.717) is 17.5 Å². The summed E-state index contributed by atoms with van der Waals surface area (Å²) in [4.78, 5) is 36.5. The van der Waals surface area contributed by atoms with Gasteiger partial charge in [0.1, 0.15) is 18.1 Å². The van der Waals surface area contributed by atoms with Crippen molar-refractivity contribution in [2.24, 2.45) is 22.9 Å². The predicted molar refractivity (Wildman–Crippen MR) is 152 cm³/mol. The Labute approximate surface area is 249 Å². The number of methoxy groups -OCH3 is 1. The number of hydrogen-bond donors (Lipinski definition) is 2. The number of allylic oxidation sites excluding steroid dienone is 1. The minimum atomic E-state index is -5.63. The molecule has 0 spiro atoms. The molecule has 3 aromatic carbocycles. The standard InChI is InChI=1S/C30H25F4N3O6S/c1-43-25-14-24(31)22(17-7-5-16(6-8-17)15-35-40)13-23(25)28(38)37-27-19-10-9-18(11-19)26(27)29(39)36-20-3-2-4-21(12-20)44(41,42)30(32,33)34/h2-10,12-14,18-19,26-27H,11,15H2,1H3,(H,36,39)(H,37,38)/t18-,19+,26+,27-/m1/s1. The molecule has 4 atom stereocenters. The third-order valence-electron chi connectivity index (χ3n) is 7.82. The summed E-state index contributed by atoms with van der Waals surface area (Å²) in [6.45, 7) is -0.0517. The van der Waals surface area contributed by atoms with Crippen molar-refractivity contribution in [3.63, 3.8) is 0 Å². The van der Waals surface area contributed by atoms with Crippen LogP contribution < -0.4 is 15.4 Å². The molecule has 0 saturated heterocycles. The second kappa shape index (κ2) is 11.8. The van der Waals surface area contributed by atoms with Gasteiger partial charge in [-0.25, -0.2) is 12.8 Å². The van der Waals surface area contributed by atoms with Crippen molar-refractivity contribution < 1.29 is 40.3 Å². The minimum Gasteiger partial charge on any atom is -0.496 e. The molecule has 2 amide bonds. The van der Waals surface area contributed by atoms with E-state index in [2.05, 4.69) is 15.8 Å². The second-order valence-corrected chi connectivity index (χ2v) is 12.4. The fraction of sp³-hybridized carbons (Fsp3) is 0.267. The summed E-state index contributed by atoms with van der Waals surface area (Å²) < 4.78 is 83.1. The van der Waals surface area contributed by atoms with Gasteiger partial charge in [0.25, 0.3) is 15.7 Å². The van der Waals surface area contributed by atoms with Crippen LogP contribution in [0.1, 0.15) is 22.3 Å². The molecule has 2 N–H and O–H groups in total. The number of alkyl halides is 3. The normalized spacial score (nSPS) is 20.8. The van der Waals surface area contributed by atoms with E-state index in [0.717, 1.165) is 24.3 Å². The molecule has 0 radical (unpaired) electrons. The predicted octanol–water partition coefficient (Wildman–Crippen LogP) is 5.62. The Bertz CT molecular complexity index is 1760. The number of benzene rings is 3. The van der Waals surface area contributed by atoms with Gasteiger partial charge in [-0.15, -0.1) is 0 Å². The molecule has 0 aromatic heterocycles. The molecule has 2 bridgehead atoms. The number of nitrogens with zero attached hydrogens (tertiary/aromatic N) is 1. The largest absolute Gasteiger partial charge is 0.501 e. The van der Waals surface area contributed by atoms with Crippen molar-refractivity contribution in [2.75, 3.05) is 12.4 Å². The zero-order valence-electron chi connectivity index (χ0n) is 23.0. The maximum atomic E-state index is 15.0. The van der Waals surface area contributed by atoms with E-state index in [-0.39, 0.29) is 40.9 Å². The van der Waals surface area contributed by atoms with Crippen LogP contribution in [0.3, 0.4) is 0 Å². The monoisotopic (exact) mass is 631 g/mol. The number of hydrogen-bond acceptors (Lipinski definition) is 7. The summed E-state index contributed by atoms with van der Waals surface area (Å²) in [5.74, 6) is -3.33. The molecule has 1 saturated carbocycles. The van der Waals surface area contributed by atoms with Crippen molar-refractivity contribution in [3.8, 4) is 16.9 Å². The van der Waals surface area contributed by atoms with Gasteiger partial charge in [0.15, 0.2) is 0 Å². The average Bonchev–Trinajstić information content (AvgIpc) is 3.59. The number of halogens is 4. The highest BCUT2D eigenvalue weighted by Gasteiger charge is 2.49. The Balaban J connectivity index is 1.39. The van der Waals surface area contributed by atoms with Crippen LogP contribution in [0.25, 0.3) is 11.1 Å². The van der Waals surface area contributed by atoms with Crippen molar-refractivity contribution >= 4 is 27.3 Å². The number of ether oxygens (including phenoxy) is 1. The van der Waals surface area contributed by atoms with E-state index in [1.165, 1.54) is 19.2 Å². The number of carbonyl (C=O) groups excluding carboxylic acids is 2. The Hall–Kier alpha value is -4.59. The first-order valence-electron chi connectivity index (χ1n) is 13.3. The van der Waals surface area contributed by atoms with Gasteiger partial charge in [-0.2, -0.15) is 18.1 Å². The van der Waals surface area contributed by atoms with Gasteiger partial charge in [0.05, 0.1) is 23.5 Å². The van der Waals surface area contributed by atoms with Crippen LogP contribution in [-0.2, 0) is 21.2 Å². The van der Waals surface area contributed by atoms with E-state index < -0.39 is 49.8 Å². The van der Waals surface area contributed by atoms with E-state index in [1.807, 2.05) is 12.2 Å². The van der Waals surface area contributed by atoms with Crippen LogP contribution in [0.2, 0.25) is 0 Å². The SMILES string of the molecule is COc1cc(F)c(-c2ccc(CN=O)cc2)cc1C(=O)N[C@H]1[C@@H](C(=O)Nc2cccc(S(=O)(=O)C(F)(F)F)c2)[C@@H]2C=C[C@H]1C2. The van der Waals surface area contributed by atoms with Crippen LogP contribution in [0.15, 0.2) is 82.9 Å². The van der Waals surface area contributed by atoms with Crippen LogP contribution >= 0.6 is 0 Å². The van der Waals surface area contributed by atoms with Gasteiger partial charge in [0, 0.05) is 23.4 Å². The third kappa shape index (κ3) is 5.81. The fourth-order valence-corrected chi connectivity index (χ4v) is 6.50. The summed E-state index contributed by atoms with van der Waals surface area (Å²) in [6, 6.07) is 11.9. The summed E-state index contributed by atoms with van der Waals surface area (Å²) in [5.41, 5.74) is -4.52. The molecular formula is C30H25F4N3O6S. The number of rotatable bonds is 9. The van der Waals surface area contributed by atoms with Crippen LogP contribution in [0, 0.1) is 28.5 Å². The average molecular weight is 632 g/mol. The molecule has 14 heteroatoms. The first-order valence-corrected chi connectivity index (χ1v) is 14.8. The molecule has 0 aliphatic heterocycles. The zero-order valence-corrected chi connectivity index (χ0v) is 23.8. The second-order valence-electron chi connectivity index (χ2n) is 10.5. The Morgan fingerprint density at radius 3 is 2.39 bits per heavy atom. The number of nitrogens with one attached hydrogen (secondary N) is 2. The van der Waals surface area contributed by atoms with E-state index >= 15 is 4.39 Å². The van der Waals surface area contributed by atoms with Gasteiger partial charge in [0.2, 0.25) is 5.91 Å². The molecule has 3 aromatic rings. The van der Waals surface area contributed by atoms with Crippen molar-refractivity contribution in [1.82, 2.24) is 5.32 Å². The van der Waals surface area contributed by atoms with Gasteiger partial charge in [-0.3, -0.25) is 9.59 Å². The van der Waals surface area contributed by atoms with Crippen molar-refractivity contribution in [2.45, 2.75) is 29.4 Å². The van der Waals surface area contributed by atoms with Crippen molar-refractivity contribution in [3.05, 3.63) is 94.7 Å². The minimum absolute atomic E-state index is 0.00138. The number of nitroso groups, excluding NO2 is 1. The zero-order chi connectivity index (χ0) is 31.8. The highest BCUT2D eigenvalue weighted by Crippen LogP contribution is 2.45. The molecular weight excluding hydrogens is 606 g/mol. The van der Waals surface area contributed by atoms with Crippen LogP contribution in [0.5, 0.6) is 5.75 Å². The van der Waals surface area contributed by atoms with E-state index in [1.54, 1.807) is 24.3 Å². The van der Waals surface area contributed by atoms with Crippen molar-refractivity contribution in [1.29, 1.82) is 0 Å². The molecule has 1 fully saturated rings. The molecule has 2 aliphatic carbocycles. The Morgan fingerprint density at radius 1 is 1.02 bits per heavy atom. The van der Waals surface area contributed by atoms with Gasteiger partial charge < -0.3 is 15.4 Å². The number of anilines is 1. The summed E-state index contributed by atoms with van der Waals surface area (Å²) in [7, 11) is -4.36. The maximum absolute atomic E-state index is 15.0. The van der Waals surface area contributed by atoms with Gasteiger partial charge in [-0.05, 0) is 53.6 Å². The molecule has 44 heavy (non-hydrogen) atoms. The van der Waals surface area contributed by atoms with Gasteiger partial charge in [-0.1, -0.05) is 47.7 Å². The topological polar surface area (TPSA) is 131 Å². The molecule has 0 heterocycles. The number of carbonyl (C=O) groups is 2. The van der Waals surface area contributed by atoms with E-state index in [9.17, 15) is 36.1 Å². The molecule has 0 unspecified atom stereocenters. The lowest BCUT2D eigenvalue weighted by atomic mass is 9.87. The summed E-state index contributed by atoms with van der Waals surface area (Å²) in [5, 5.41) is 8.17. The quantitative estimate of drug-likeness (QED) is 0.179. The molecule has 9 nitrogen and oxygen atoms in total. The summed E-state index contributed by atoms with van der Waals surface area (Å²) in [6.07, 6.45) is 4.21. The van der Waals surface area contributed by atoms with Gasteiger partial charge >= 0.3 is 5.51 Å². The Morgan fingerprint density at radius 2 is 1.73 bits per heavy atom. The number of fused-ring (bicyclic) bond motifs is 2. The highest BCUT2D eigenvalue weighted by molar-refractivity contribution is 7.92. The fourth-order valence-electron chi connectivity index (χ4n) is 5.69. The lowest BCUT2D eigenvalue weighted by molar-refractivity contribution is -0.121. The molecule has 230 valence electrons. The highest BCUT2D eigenvalue weighted by atomic mass is 32.2. The lowest BCUT2D eigenvalue weighted by Gasteiger charge is -2.28. The Kier molecular flexibility index (Phi) is 8.30. The third-order valence-corrected chi connectivity index (χ3v) is 9.31. The number of amides is 2. The van der Waals surface area contributed by atoms with Crippen LogP contribution in [-0.4, -0.2) is 38.9 Å². The first-order chi connectivity index (χ1) is 20.8. The summed E-state index contributed by atoms with van der Waals surface area (Å²) >= 11 is 0. The maximum Gasteiger partial charge on any atom is 0.501 e. The smallest absolute Gasteiger partial charge is 0.496 e.